The highest BCUT2D eigenvalue weighted by molar-refractivity contribution is 7.47. The largest absolute Gasteiger partial charge is 0.472 e. The van der Waals surface area contributed by atoms with Crippen LogP contribution in [0.4, 0.5) is 0 Å². The van der Waals surface area contributed by atoms with E-state index in [1.54, 1.807) is 0 Å². The summed E-state index contributed by atoms with van der Waals surface area (Å²) in [5.74, 6) is -0.156. The lowest BCUT2D eigenvalue weighted by molar-refractivity contribution is -0.870. The van der Waals surface area contributed by atoms with Gasteiger partial charge in [0.1, 0.15) is 13.2 Å². The maximum atomic E-state index is 12.8. The summed E-state index contributed by atoms with van der Waals surface area (Å²) in [6.07, 6.45) is 30.9. The monoisotopic (exact) mass is 676 g/mol. The van der Waals surface area contributed by atoms with Crippen LogP contribution in [0.1, 0.15) is 168 Å². The number of hydrogen-bond donors (Lipinski definition) is 3. The van der Waals surface area contributed by atoms with Gasteiger partial charge in [-0.25, -0.2) is 4.57 Å². The number of nitrogens with zero attached hydrogens (tertiary/aromatic N) is 1. The Balaban J connectivity index is 4.43. The Bertz CT molecular complexity index is 773. The van der Waals surface area contributed by atoms with Crippen LogP contribution in [0.25, 0.3) is 0 Å². The minimum absolute atomic E-state index is 0.0742. The topological polar surface area (TPSA) is 105 Å². The molecule has 0 aromatic heterocycles. The number of aliphatic hydroxyl groups is 1. The SMILES string of the molecule is CCCCCCCC/C=C/CCCCCCCC(=O)N[C@@H](COP(=O)(O)OCC[N+](C)(C)C)[C@H](O)CCCCCCCCCCC. The Kier molecular flexibility index (Phi) is 29.8. The molecular weight excluding hydrogens is 599 g/mol. The Morgan fingerprint density at radius 3 is 1.67 bits per heavy atom. The molecule has 0 aliphatic rings. The van der Waals surface area contributed by atoms with Crippen LogP contribution in [-0.2, 0) is 18.4 Å². The van der Waals surface area contributed by atoms with E-state index in [9.17, 15) is 19.4 Å². The molecule has 0 radical (unpaired) electrons. The lowest BCUT2D eigenvalue weighted by Gasteiger charge is -2.26. The molecule has 0 heterocycles. The van der Waals surface area contributed by atoms with Gasteiger partial charge in [-0.15, -0.1) is 0 Å². The van der Waals surface area contributed by atoms with E-state index in [2.05, 4.69) is 31.3 Å². The van der Waals surface area contributed by atoms with Gasteiger partial charge in [0.25, 0.3) is 0 Å². The molecule has 0 aromatic carbocycles. The van der Waals surface area contributed by atoms with Crippen LogP contribution in [0.3, 0.4) is 0 Å². The minimum Gasteiger partial charge on any atom is -0.391 e. The Morgan fingerprint density at radius 1 is 0.717 bits per heavy atom. The molecule has 0 saturated carbocycles. The Hall–Kier alpha value is -0.760. The van der Waals surface area contributed by atoms with Crippen LogP contribution in [0.5, 0.6) is 0 Å². The van der Waals surface area contributed by atoms with Crippen LogP contribution >= 0.6 is 7.82 Å². The van der Waals surface area contributed by atoms with Crippen molar-refractivity contribution in [3.63, 3.8) is 0 Å². The lowest BCUT2D eigenvalue weighted by Crippen LogP contribution is -2.46. The molecule has 0 fully saturated rings. The van der Waals surface area contributed by atoms with Crippen LogP contribution in [0.2, 0.25) is 0 Å². The zero-order valence-corrected chi connectivity index (χ0v) is 31.7. The molecule has 0 saturated heterocycles. The molecule has 0 bridgehead atoms. The number of aliphatic hydroxyl groups excluding tert-OH is 1. The highest BCUT2D eigenvalue weighted by Gasteiger charge is 2.28. The van der Waals surface area contributed by atoms with Crippen molar-refractivity contribution in [3.8, 4) is 0 Å². The molecule has 0 spiro atoms. The maximum absolute atomic E-state index is 12.8. The van der Waals surface area contributed by atoms with E-state index in [0.29, 0.717) is 23.9 Å². The summed E-state index contributed by atoms with van der Waals surface area (Å²) in [7, 11) is 1.61. The smallest absolute Gasteiger partial charge is 0.391 e. The minimum atomic E-state index is -4.30. The number of quaternary nitrogens is 1. The summed E-state index contributed by atoms with van der Waals surface area (Å²) in [5, 5.41) is 13.8. The highest BCUT2D eigenvalue weighted by atomic mass is 31.2. The van der Waals surface area contributed by atoms with Crippen molar-refractivity contribution in [1.82, 2.24) is 5.32 Å². The van der Waals surface area contributed by atoms with Gasteiger partial charge in [-0.3, -0.25) is 13.8 Å². The first-order valence-corrected chi connectivity index (χ1v) is 20.5. The second-order valence-corrected chi connectivity index (χ2v) is 15.8. The van der Waals surface area contributed by atoms with Gasteiger partial charge in [-0.05, 0) is 38.5 Å². The van der Waals surface area contributed by atoms with E-state index in [1.807, 2.05) is 21.1 Å². The average Bonchev–Trinajstić information content (AvgIpc) is 2.99. The number of hydrogen-bond acceptors (Lipinski definition) is 5. The third-order valence-electron chi connectivity index (χ3n) is 8.51. The number of phosphoric acid groups is 1. The molecule has 8 nitrogen and oxygen atoms in total. The van der Waals surface area contributed by atoms with E-state index < -0.39 is 20.0 Å². The number of allylic oxidation sites excluding steroid dienone is 2. The van der Waals surface area contributed by atoms with Crippen LogP contribution in [0, 0.1) is 0 Å². The van der Waals surface area contributed by atoms with Gasteiger partial charge in [0, 0.05) is 6.42 Å². The zero-order chi connectivity index (χ0) is 34.4. The fraction of sp³-hybridized carbons (Fsp3) is 0.919. The molecule has 0 aliphatic heterocycles. The Morgan fingerprint density at radius 2 is 1.17 bits per heavy atom. The summed E-state index contributed by atoms with van der Waals surface area (Å²) >= 11 is 0. The first kappa shape index (κ1) is 45.2. The van der Waals surface area contributed by atoms with Crippen molar-refractivity contribution in [3.05, 3.63) is 12.2 Å². The molecule has 274 valence electrons. The van der Waals surface area contributed by atoms with Crippen molar-refractivity contribution in [1.29, 1.82) is 0 Å². The molecule has 3 N–H and O–H groups in total. The molecule has 9 heteroatoms. The van der Waals surface area contributed by atoms with Gasteiger partial charge in [-0.1, -0.05) is 135 Å². The summed E-state index contributed by atoms with van der Waals surface area (Å²) in [6, 6.07) is -0.757. The number of amides is 1. The van der Waals surface area contributed by atoms with Crippen LogP contribution < -0.4 is 5.32 Å². The second kappa shape index (κ2) is 30.3. The molecule has 0 rings (SSSR count). The van der Waals surface area contributed by atoms with E-state index in [-0.39, 0.29) is 19.1 Å². The van der Waals surface area contributed by atoms with Crippen molar-refractivity contribution in [2.75, 3.05) is 40.9 Å². The first-order valence-electron chi connectivity index (χ1n) is 19.1. The molecule has 1 unspecified atom stereocenters. The van der Waals surface area contributed by atoms with Gasteiger partial charge in [-0.2, -0.15) is 0 Å². The summed E-state index contributed by atoms with van der Waals surface area (Å²) < 4.78 is 23.5. The number of carbonyl (C=O) groups excluding carboxylic acids is 1. The molecule has 1 amide bonds. The maximum Gasteiger partial charge on any atom is 0.472 e. The average molecular weight is 676 g/mol. The van der Waals surface area contributed by atoms with E-state index in [0.717, 1.165) is 51.4 Å². The quantitative estimate of drug-likeness (QED) is 0.0272. The third kappa shape index (κ3) is 31.8. The lowest BCUT2D eigenvalue weighted by atomic mass is 10.0. The van der Waals surface area contributed by atoms with Gasteiger partial charge < -0.3 is 19.8 Å². The zero-order valence-electron chi connectivity index (χ0n) is 30.8. The van der Waals surface area contributed by atoms with Crippen LogP contribution in [-0.4, -0.2) is 73.4 Å². The van der Waals surface area contributed by atoms with Crippen molar-refractivity contribution < 1.29 is 32.9 Å². The number of unbranched alkanes of at least 4 members (excludes halogenated alkanes) is 19. The van der Waals surface area contributed by atoms with Gasteiger partial charge in [0.15, 0.2) is 0 Å². The van der Waals surface area contributed by atoms with E-state index in [4.69, 9.17) is 9.05 Å². The van der Waals surface area contributed by atoms with Gasteiger partial charge >= 0.3 is 7.82 Å². The summed E-state index contributed by atoms with van der Waals surface area (Å²) in [5.41, 5.74) is 0. The Labute approximate surface area is 284 Å². The first-order chi connectivity index (χ1) is 22.0. The second-order valence-electron chi connectivity index (χ2n) is 14.3. The van der Waals surface area contributed by atoms with Crippen molar-refractivity contribution in [2.24, 2.45) is 0 Å². The van der Waals surface area contributed by atoms with Gasteiger partial charge in [0.05, 0.1) is 39.9 Å². The molecule has 0 aliphatic carbocycles. The number of likely N-dealkylation sites (N-methyl/N-ethyl adjacent to an activating group) is 1. The third-order valence-corrected chi connectivity index (χ3v) is 9.50. The van der Waals surface area contributed by atoms with Crippen molar-refractivity contribution >= 4 is 13.7 Å². The normalized spacial score (nSPS) is 14.8. The van der Waals surface area contributed by atoms with Crippen molar-refractivity contribution in [2.45, 2.75) is 180 Å². The molecule has 0 aromatic rings. The van der Waals surface area contributed by atoms with Crippen LogP contribution in [0.15, 0.2) is 12.2 Å². The predicted octanol–water partition coefficient (Wildman–Crippen LogP) is 9.63. The van der Waals surface area contributed by atoms with E-state index in [1.165, 1.54) is 89.9 Å². The number of nitrogens with one attached hydrogen (secondary N) is 1. The summed E-state index contributed by atoms with van der Waals surface area (Å²) in [6.45, 7) is 4.83. The molecule has 46 heavy (non-hydrogen) atoms. The highest BCUT2D eigenvalue weighted by Crippen LogP contribution is 2.43. The number of carbonyl (C=O) groups is 1. The van der Waals surface area contributed by atoms with E-state index >= 15 is 0 Å². The molecule has 3 atom stereocenters. The summed E-state index contributed by atoms with van der Waals surface area (Å²) in [4.78, 5) is 23.0. The fourth-order valence-corrected chi connectivity index (χ4v) is 6.13. The molecular formula is C37H76N2O6P+. The number of phosphoric ester groups is 1. The number of rotatable bonds is 34. The fourth-order valence-electron chi connectivity index (χ4n) is 5.39. The predicted molar refractivity (Wildman–Crippen MR) is 194 cm³/mol. The van der Waals surface area contributed by atoms with Gasteiger partial charge in [0.2, 0.25) is 5.91 Å². The standard InChI is InChI=1S/C37H75N2O6P/c1-6-8-10-12-14-16-17-18-19-20-21-23-25-27-29-31-37(41)38-35(34-45-46(42,43)44-33-32-39(3,4)5)36(40)30-28-26-24-22-15-13-11-9-7-2/h18-19,35-36,40H,6-17,20-34H2,1-5H3,(H-,38,41,42,43)/p+1/b19-18+/t35-,36+/m0/s1.